The number of hydrogen-bond donors (Lipinski definition) is 2. The molecule has 1 saturated heterocycles. The summed E-state index contributed by atoms with van der Waals surface area (Å²) in [6.45, 7) is 9.63. The van der Waals surface area contributed by atoms with Gasteiger partial charge in [0.05, 0.1) is 10.6 Å². The molecule has 0 aliphatic carbocycles. The highest BCUT2D eigenvalue weighted by atomic mass is 35.5. The van der Waals surface area contributed by atoms with E-state index in [1.807, 2.05) is 12.1 Å². The van der Waals surface area contributed by atoms with Crippen molar-refractivity contribution >= 4 is 23.1 Å². The van der Waals surface area contributed by atoms with E-state index < -0.39 is 0 Å². The molecule has 20 heavy (non-hydrogen) atoms. The smallest absolute Gasteiger partial charge is 0.126 e. The van der Waals surface area contributed by atoms with Crippen LogP contribution < -0.4 is 10.6 Å². The molecule has 1 aromatic carbocycles. The minimum atomic E-state index is 0.0372. The van der Waals surface area contributed by atoms with E-state index in [2.05, 4.69) is 23.6 Å². The number of hydrogen-bond acceptors (Lipinski definition) is 3. The molecule has 1 heterocycles. The molecule has 3 N–H and O–H groups in total. The molecule has 1 aliphatic rings. The summed E-state index contributed by atoms with van der Waals surface area (Å²) in [7, 11) is 0. The van der Waals surface area contributed by atoms with Gasteiger partial charge < -0.3 is 10.6 Å². The fraction of sp³-hybridized carbons (Fsp3) is 0.533. The summed E-state index contributed by atoms with van der Waals surface area (Å²) in [5.74, 6) is 0.732. The van der Waals surface area contributed by atoms with Crippen molar-refractivity contribution in [2.45, 2.75) is 13.8 Å². The molecule has 0 radical (unpaired) electrons. The lowest BCUT2D eigenvalue weighted by molar-refractivity contribution is 0.231. The van der Waals surface area contributed by atoms with Gasteiger partial charge in [0.25, 0.3) is 0 Å². The molecule has 1 aromatic rings. The van der Waals surface area contributed by atoms with Gasteiger partial charge >= 0.3 is 0 Å². The summed E-state index contributed by atoms with van der Waals surface area (Å²) in [5, 5.41) is 8.28. The zero-order valence-corrected chi connectivity index (χ0v) is 13.0. The number of piperazine rings is 1. The molecule has 4 nitrogen and oxygen atoms in total. The van der Waals surface area contributed by atoms with Crippen LogP contribution in [0.1, 0.15) is 19.4 Å². The van der Waals surface area contributed by atoms with Gasteiger partial charge in [-0.15, -0.1) is 0 Å². The predicted octanol–water partition coefficient (Wildman–Crippen LogP) is 2.40. The lowest BCUT2D eigenvalue weighted by Crippen LogP contribution is -2.47. The second-order valence-electron chi connectivity index (χ2n) is 5.73. The van der Waals surface area contributed by atoms with Crippen LogP contribution in [0, 0.1) is 11.3 Å². The van der Waals surface area contributed by atoms with Crippen LogP contribution in [0.4, 0.5) is 5.69 Å². The molecule has 2 rings (SSSR count). The van der Waals surface area contributed by atoms with Gasteiger partial charge in [0.2, 0.25) is 0 Å². The summed E-state index contributed by atoms with van der Waals surface area (Å²) in [6, 6.07) is 5.71. The van der Waals surface area contributed by atoms with Crippen molar-refractivity contribution in [2.75, 3.05) is 37.6 Å². The molecular weight excluding hydrogens is 272 g/mol. The maximum Gasteiger partial charge on any atom is 0.126 e. The van der Waals surface area contributed by atoms with Crippen LogP contribution in [0.5, 0.6) is 0 Å². The Labute approximate surface area is 126 Å². The Morgan fingerprint density at radius 1 is 1.30 bits per heavy atom. The van der Waals surface area contributed by atoms with E-state index in [1.165, 1.54) is 0 Å². The first-order valence-corrected chi connectivity index (χ1v) is 7.47. The highest BCUT2D eigenvalue weighted by Gasteiger charge is 2.21. The van der Waals surface area contributed by atoms with Crippen LogP contribution in [0.2, 0.25) is 5.02 Å². The van der Waals surface area contributed by atoms with Crippen LogP contribution in [0.3, 0.4) is 0 Å². The van der Waals surface area contributed by atoms with Gasteiger partial charge in [0.15, 0.2) is 0 Å². The molecule has 0 unspecified atom stereocenters. The van der Waals surface area contributed by atoms with E-state index in [4.69, 9.17) is 22.7 Å². The topological polar surface area (TPSA) is 56.4 Å². The molecule has 5 heteroatoms. The van der Waals surface area contributed by atoms with Gasteiger partial charge in [0.1, 0.15) is 5.84 Å². The number of anilines is 1. The van der Waals surface area contributed by atoms with Gasteiger partial charge in [-0.2, -0.15) is 0 Å². The SMILES string of the molecule is CC(C)CN1CCN(c2cccc(Cl)c2C(=N)N)CC1. The summed E-state index contributed by atoms with van der Waals surface area (Å²) < 4.78 is 0. The maximum absolute atomic E-state index is 7.72. The Balaban J connectivity index is 2.11. The third-order valence-corrected chi connectivity index (χ3v) is 3.91. The monoisotopic (exact) mass is 294 g/mol. The number of halogens is 1. The lowest BCUT2D eigenvalue weighted by atomic mass is 10.1. The zero-order valence-electron chi connectivity index (χ0n) is 12.2. The molecule has 0 atom stereocenters. The van der Waals surface area contributed by atoms with Gasteiger partial charge in [-0.1, -0.05) is 31.5 Å². The van der Waals surface area contributed by atoms with E-state index in [1.54, 1.807) is 6.07 Å². The Hall–Kier alpha value is -1.26. The zero-order chi connectivity index (χ0) is 14.7. The fourth-order valence-corrected chi connectivity index (χ4v) is 3.00. The van der Waals surface area contributed by atoms with E-state index in [9.17, 15) is 0 Å². The summed E-state index contributed by atoms with van der Waals surface area (Å²) in [5.41, 5.74) is 7.32. The van der Waals surface area contributed by atoms with Crippen LogP contribution in [-0.4, -0.2) is 43.5 Å². The number of benzene rings is 1. The van der Waals surface area contributed by atoms with E-state index in [-0.39, 0.29) is 5.84 Å². The first kappa shape index (κ1) is 15.1. The molecule has 0 aromatic heterocycles. The molecule has 0 amide bonds. The van der Waals surface area contributed by atoms with Crippen molar-refractivity contribution < 1.29 is 0 Å². The molecule has 0 bridgehead atoms. The largest absolute Gasteiger partial charge is 0.384 e. The number of nitrogens with two attached hydrogens (primary N) is 1. The lowest BCUT2D eigenvalue weighted by Gasteiger charge is -2.37. The third-order valence-electron chi connectivity index (χ3n) is 3.60. The Kier molecular flexibility index (Phi) is 4.89. The van der Waals surface area contributed by atoms with Crippen LogP contribution in [0.15, 0.2) is 18.2 Å². The average Bonchev–Trinajstić information content (AvgIpc) is 2.38. The molecule has 110 valence electrons. The van der Waals surface area contributed by atoms with E-state index >= 15 is 0 Å². The average molecular weight is 295 g/mol. The molecule has 0 spiro atoms. The third kappa shape index (κ3) is 3.44. The number of rotatable bonds is 4. The number of nitrogens with zero attached hydrogens (tertiary/aromatic N) is 2. The molecule has 1 aliphatic heterocycles. The quantitative estimate of drug-likeness (QED) is 0.662. The Morgan fingerprint density at radius 2 is 1.95 bits per heavy atom. The maximum atomic E-state index is 7.72. The normalized spacial score (nSPS) is 16.7. The van der Waals surface area contributed by atoms with Crippen LogP contribution in [-0.2, 0) is 0 Å². The predicted molar refractivity (Wildman–Crippen MR) is 86.0 cm³/mol. The summed E-state index contributed by atoms with van der Waals surface area (Å²) in [6.07, 6.45) is 0. The van der Waals surface area contributed by atoms with Crippen molar-refractivity contribution in [2.24, 2.45) is 11.7 Å². The number of amidine groups is 1. The van der Waals surface area contributed by atoms with Crippen LogP contribution >= 0.6 is 11.6 Å². The first-order valence-electron chi connectivity index (χ1n) is 7.09. The van der Waals surface area contributed by atoms with Gasteiger partial charge in [-0.3, -0.25) is 10.3 Å². The second kappa shape index (κ2) is 6.46. The number of nitrogen functional groups attached to an aromatic ring is 1. The van der Waals surface area contributed by atoms with E-state index in [0.29, 0.717) is 16.5 Å². The van der Waals surface area contributed by atoms with Crippen molar-refractivity contribution in [3.63, 3.8) is 0 Å². The van der Waals surface area contributed by atoms with E-state index in [0.717, 1.165) is 38.4 Å². The molecular formula is C15H23ClN4. The van der Waals surface area contributed by atoms with Crippen molar-refractivity contribution in [1.82, 2.24) is 4.90 Å². The Bertz CT molecular complexity index is 479. The van der Waals surface area contributed by atoms with Gasteiger partial charge in [-0.25, -0.2) is 0 Å². The Morgan fingerprint density at radius 3 is 2.50 bits per heavy atom. The van der Waals surface area contributed by atoms with Crippen molar-refractivity contribution in [3.05, 3.63) is 28.8 Å². The summed E-state index contributed by atoms with van der Waals surface area (Å²) in [4.78, 5) is 4.76. The van der Waals surface area contributed by atoms with Crippen molar-refractivity contribution in [3.8, 4) is 0 Å². The van der Waals surface area contributed by atoms with Crippen LogP contribution in [0.25, 0.3) is 0 Å². The van der Waals surface area contributed by atoms with Crippen molar-refractivity contribution in [1.29, 1.82) is 5.41 Å². The van der Waals surface area contributed by atoms with Gasteiger partial charge in [-0.05, 0) is 18.1 Å². The summed E-state index contributed by atoms with van der Waals surface area (Å²) >= 11 is 6.18. The second-order valence-corrected chi connectivity index (χ2v) is 6.14. The standard InChI is InChI=1S/C15H23ClN4/c1-11(2)10-19-6-8-20(9-7-19)13-5-3-4-12(16)14(13)15(17)18/h3-5,11H,6-10H2,1-2H3,(H3,17,18). The van der Waals surface area contributed by atoms with Gasteiger partial charge in [0, 0.05) is 38.4 Å². The fourth-order valence-electron chi connectivity index (χ4n) is 2.73. The molecule has 0 saturated carbocycles. The first-order chi connectivity index (χ1) is 9.49. The minimum Gasteiger partial charge on any atom is -0.384 e. The molecule has 1 fully saturated rings. The number of nitrogens with one attached hydrogen (secondary N) is 1. The minimum absolute atomic E-state index is 0.0372. The highest BCUT2D eigenvalue weighted by molar-refractivity contribution is 6.34. The highest BCUT2D eigenvalue weighted by Crippen LogP contribution is 2.28.